The highest BCUT2D eigenvalue weighted by atomic mass is 79.9. The van der Waals surface area contributed by atoms with E-state index in [1.54, 1.807) is 30.3 Å². The lowest BCUT2D eigenvalue weighted by Crippen LogP contribution is -2.17. The molecule has 3 rings (SSSR count). The SMILES string of the molecule is O=C(N/N=C/c1cc(N=Nc2cccc(Br)c2)ccc1O)c1cccc(Br)c1. The number of nitrogens with zero attached hydrogens (tertiary/aromatic N) is 3. The van der Waals surface area contributed by atoms with E-state index >= 15 is 0 Å². The Morgan fingerprint density at radius 3 is 2.29 bits per heavy atom. The Morgan fingerprint density at radius 1 is 0.893 bits per heavy atom. The Morgan fingerprint density at radius 2 is 1.57 bits per heavy atom. The van der Waals surface area contributed by atoms with Crippen LogP contribution in [-0.2, 0) is 0 Å². The number of phenolic OH excluding ortho intramolecular Hbond substituents is 1. The molecule has 0 saturated heterocycles. The summed E-state index contributed by atoms with van der Waals surface area (Å²) >= 11 is 6.70. The molecular weight excluding hydrogens is 488 g/mol. The normalized spacial score (nSPS) is 11.2. The minimum absolute atomic E-state index is 0.0156. The fourth-order valence-electron chi connectivity index (χ4n) is 2.22. The summed E-state index contributed by atoms with van der Waals surface area (Å²) in [6.45, 7) is 0. The number of aromatic hydroxyl groups is 1. The number of hydrogen-bond acceptors (Lipinski definition) is 5. The van der Waals surface area contributed by atoms with Crippen molar-refractivity contribution in [1.29, 1.82) is 0 Å². The van der Waals surface area contributed by atoms with Crippen LogP contribution in [0.15, 0.2) is 91.0 Å². The summed E-state index contributed by atoms with van der Waals surface area (Å²) in [5.74, 6) is -0.343. The lowest BCUT2D eigenvalue weighted by atomic mass is 10.2. The van der Waals surface area contributed by atoms with Gasteiger partial charge in [-0.15, -0.1) is 0 Å². The first-order valence-corrected chi connectivity index (χ1v) is 9.69. The van der Waals surface area contributed by atoms with Gasteiger partial charge in [-0.2, -0.15) is 15.3 Å². The topological polar surface area (TPSA) is 86.4 Å². The monoisotopic (exact) mass is 500 g/mol. The number of amides is 1. The molecular formula is C20H14Br2N4O2. The van der Waals surface area contributed by atoms with E-state index in [1.165, 1.54) is 12.3 Å². The molecule has 0 aliphatic carbocycles. The highest BCUT2D eigenvalue weighted by Gasteiger charge is 2.05. The van der Waals surface area contributed by atoms with E-state index < -0.39 is 0 Å². The predicted octanol–water partition coefficient (Wildman–Crippen LogP) is 6.10. The molecule has 0 unspecified atom stereocenters. The van der Waals surface area contributed by atoms with Gasteiger partial charge >= 0.3 is 0 Å². The van der Waals surface area contributed by atoms with Crippen LogP contribution in [0.5, 0.6) is 5.75 Å². The molecule has 0 radical (unpaired) electrons. The Balaban J connectivity index is 1.71. The second kappa shape index (κ2) is 9.38. The number of rotatable bonds is 5. The molecule has 0 aliphatic heterocycles. The van der Waals surface area contributed by atoms with Crippen molar-refractivity contribution in [3.63, 3.8) is 0 Å². The van der Waals surface area contributed by atoms with Gasteiger partial charge < -0.3 is 5.11 Å². The van der Waals surface area contributed by atoms with Crippen LogP contribution in [0, 0.1) is 0 Å². The molecule has 1 amide bonds. The fourth-order valence-corrected chi connectivity index (χ4v) is 3.00. The van der Waals surface area contributed by atoms with Gasteiger partial charge in [-0.25, -0.2) is 5.43 Å². The van der Waals surface area contributed by atoms with Gasteiger partial charge in [-0.1, -0.05) is 44.0 Å². The number of phenols is 1. The maximum absolute atomic E-state index is 12.1. The number of hydrogen-bond donors (Lipinski definition) is 2. The van der Waals surface area contributed by atoms with Crippen molar-refractivity contribution in [3.05, 3.63) is 86.8 Å². The maximum atomic E-state index is 12.1. The van der Waals surface area contributed by atoms with Crippen molar-refractivity contribution < 1.29 is 9.90 Å². The van der Waals surface area contributed by atoms with E-state index in [0.717, 1.165) is 8.95 Å². The van der Waals surface area contributed by atoms with Crippen LogP contribution in [0.4, 0.5) is 11.4 Å². The van der Waals surface area contributed by atoms with Gasteiger partial charge in [-0.05, 0) is 54.6 Å². The lowest BCUT2D eigenvalue weighted by Gasteiger charge is -2.02. The Hall–Kier alpha value is -2.84. The summed E-state index contributed by atoms with van der Waals surface area (Å²) in [5.41, 5.74) is 4.53. The molecule has 3 aromatic rings. The number of halogens is 2. The summed E-state index contributed by atoms with van der Waals surface area (Å²) in [4.78, 5) is 12.1. The van der Waals surface area contributed by atoms with Gasteiger partial charge in [0.1, 0.15) is 5.75 Å². The summed E-state index contributed by atoms with van der Waals surface area (Å²) in [6, 6.07) is 19.1. The first-order valence-electron chi connectivity index (χ1n) is 8.10. The van der Waals surface area contributed by atoms with E-state index in [1.807, 2.05) is 30.3 Å². The van der Waals surface area contributed by atoms with Crippen LogP contribution >= 0.6 is 31.9 Å². The second-order valence-electron chi connectivity index (χ2n) is 5.63. The zero-order valence-corrected chi connectivity index (χ0v) is 17.6. The minimum atomic E-state index is -0.359. The molecule has 28 heavy (non-hydrogen) atoms. The Bertz CT molecular complexity index is 1070. The Labute approximate surface area is 178 Å². The quantitative estimate of drug-likeness (QED) is 0.251. The number of azo groups is 1. The van der Waals surface area contributed by atoms with Gasteiger partial charge in [0, 0.05) is 20.1 Å². The molecule has 0 atom stereocenters. The number of benzene rings is 3. The lowest BCUT2D eigenvalue weighted by molar-refractivity contribution is 0.0955. The van der Waals surface area contributed by atoms with Crippen LogP contribution in [0.25, 0.3) is 0 Å². The molecule has 2 N–H and O–H groups in total. The predicted molar refractivity (Wildman–Crippen MR) is 116 cm³/mol. The molecule has 8 heteroatoms. The first kappa shape index (κ1) is 19.9. The van der Waals surface area contributed by atoms with E-state index in [9.17, 15) is 9.90 Å². The highest BCUT2D eigenvalue weighted by molar-refractivity contribution is 9.10. The molecule has 0 saturated carbocycles. The zero-order chi connectivity index (χ0) is 19.9. The third kappa shape index (κ3) is 5.58. The van der Waals surface area contributed by atoms with Crippen molar-refractivity contribution in [2.45, 2.75) is 0 Å². The van der Waals surface area contributed by atoms with E-state index in [-0.39, 0.29) is 11.7 Å². The van der Waals surface area contributed by atoms with Gasteiger partial charge in [-0.3, -0.25) is 4.79 Å². The molecule has 0 aromatic heterocycles. The largest absolute Gasteiger partial charge is 0.507 e. The molecule has 0 heterocycles. The zero-order valence-electron chi connectivity index (χ0n) is 14.4. The van der Waals surface area contributed by atoms with E-state index in [2.05, 4.69) is 52.6 Å². The smallest absolute Gasteiger partial charge is 0.271 e. The van der Waals surface area contributed by atoms with Gasteiger partial charge in [0.15, 0.2) is 0 Å². The maximum Gasteiger partial charge on any atom is 0.271 e. The molecule has 0 fully saturated rings. The third-order valence-corrected chi connectivity index (χ3v) is 4.54. The van der Waals surface area contributed by atoms with Crippen molar-refractivity contribution in [3.8, 4) is 5.75 Å². The van der Waals surface area contributed by atoms with E-state index in [4.69, 9.17) is 0 Å². The van der Waals surface area contributed by atoms with Crippen LogP contribution in [0.3, 0.4) is 0 Å². The molecule has 6 nitrogen and oxygen atoms in total. The average molecular weight is 502 g/mol. The minimum Gasteiger partial charge on any atom is -0.507 e. The molecule has 3 aromatic carbocycles. The summed E-state index contributed by atoms with van der Waals surface area (Å²) in [5, 5.41) is 22.2. The van der Waals surface area contributed by atoms with Gasteiger partial charge in [0.2, 0.25) is 0 Å². The highest BCUT2D eigenvalue weighted by Crippen LogP contribution is 2.25. The summed E-state index contributed by atoms with van der Waals surface area (Å²) in [7, 11) is 0. The molecule has 0 spiro atoms. The van der Waals surface area contributed by atoms with Crippen LogP contribution < -0.4 is 5.43 Å². The fraction of sp³-hybridized carbons (Fsp3) is 0. The number of hydrazone groups is 1. The van der Waals surface area contributed by atoms with Gasteiger partial charge in [0.05, 0.1) is 17.6 Å². The average Bonchev–Trinajstić information content (AvgIpc) is 2.68. The van der Waals surface area contributed by atoms with E-state index in [0.29, 0.717) is 22.5 Å². The van der Waals surface area contributed by atoms with Crippen LogP contribution in [-0.4, -0.2) is 17.2 Å². The third-order valence-electron chi connectivity index (χ3n) is 3.56. The summed E-state index contributed by atoms with van der Waals surface area (Å²) < 4.78 is 1.70. The molecule has 0 aliphatic rings. The van der Waals surface area contributed by atoms with Crippen molar-refractivity contribution in [2.75, 3.05) is 0 Å². The van der Waals surface area contributed by atoms with Crippen molar-refractivity contribution in [2.24, 2.45) is 15.3 Å². The number of nitrogens with one attached hydrogen (secondary N) is 1. The van der Waals surface area contributed by atoms with Crippen molar-refractivity contribution >= 4 is 55.4 Å². The Kier molecular flexibility index (Phi) is 6.67. The number of carbonyl (C=O) groups is 1. The molecule has 0 bridgehead atoms. The standard InChI is InChI=1S/C20H14Br2N4O2/c21-15-4-1-3-13(9-15)20(28)26-23-12-14-10-18(7-8-19(14)27)25-24-17-6-2-5-16(22)11-17/h1-12,27H,(H,26,28)/b23-12+,25-24?. The van der Waals surface area contributed by atoms with Gasteiger partial charge in [0.25, 0.3) is 5.91 Å². The molecule has 140 valence electrons. The number of carbonyl (C=O) groups excluding carboxylic acids is 1. The first-order chi connectivity index (χ1) is 13.5. The second-order valence-corrected chi connectivity index (χ2v) is 7.46. The van der Waals surface area contributed by atoms with Crippen molar-refractivity contribution in [1.82, 2.24) is 5.43 Å². The van der Waals surface area contributed by atoms with Crippen LogP contribution in [0.1, 0.15) is 15.9 Å². The summed E-state index contributed by atoms with van der Waals surface area (Å²) in [6.07, 6.45) is 1.35. The van der Waals surface area contributed by atoms with Crippen LogP contribution in [0.2, 0.25) is 0 Å².